The first-order valence-corrected chi connectivity index (χ1v) is 7.31. The molecule has 96 valence electrons. The van der Waals surface area contributed by atoms with Gasteiger partial charge in [-0.15, -0.1) is 11.3 Å². The van der Waals surface area contributed by atoms with Crippen LogP contribution < -0.4 is 5.73 Å². The minimum atomic E-state index is 0.440. The van der Waals surface area contributed by atoms with Gasteiger partial charge in [0.05, 0.1) is 0 Å². The predicted octanol–water partition coefficient (Wildman–Crippen LogP) is 1.60. The van der Waals surface area contributed by atoms with Crippen molar-refractivity contribution in [2.75, 3.05) is 33.2 Å². The number of hydrogen-bond acceptors (Lipinski definition) is 4. The van der Waals surface area contributed by atoms with Crippen LogP contribution in [0.5, 0.6) is 0 Å². The Labute approximate surface area is 108 Å². The zero-order valence-corrected chi connectivity index (χ0v) is 11.5. The third-order valence-corrected chi connectivity index (χ3v) is 4.30. The Hall–Kier alpha value is -0.420. The number of piperidine rings is 1. The first-order valence-electron chi connectivity index (χ1n) is 6.43. The van der Waals surface area contributed by atoms with E-state index >= 15 is 0 Å². The average molecular weight is 253 g/mol. The lowest BCUT2D eigenvalue weighted by Crippen LogP contribution is -2.42. The van der Waals surface area contributed by atoms with Crippen molar-refractivity contribution in [2.45, 2.75) is 25.4 Å². The summed E-state index contributed by atoms with van der Waals surface area (Å²) < 4.78 is 0. The van der Waals surface area contributed by atoms with Crippen molar-refractivity contribution in [3.05, 3.63) is 22.4 Å². The summed E-state index contributed by atoms with van der Waals surface area (Å²) >= 11 is 1.84. The van der Waals surface area contributed by atoms with E-state index in [0.29, 0.717) is 6.04 Å². The molecule has 4 heteroatoms. The monoisotopic (exact) mass is 253 g/mol. The van der Waals surface area contributed by atoms with Gasteiger partial charge >= 0.3 is 0 Å². The summed E-state index contributed by atoms with van der Waals surface area (Å²) in [5.74, 6) is 0. The van der Waals surface area contributed by atoms with Gasteiger partial charge in [0.25, 0.3) is 0 Å². The van der Waals surface area contributed by atoms with E-state index in [1.54, 1.807) is 0 Å². The summed E-state index contributed by atoms with van der Waals surface area (Å²) in [5, 5.41) is 2.15. The predicted molar refractivity (Wildman–Crippen MR) is 74.3 cm³/mol. The van der Waals surface area contributed by atoms with Crippen molar-refractivity contribution >= 4 is 11.3 Å². The number of likely N-dealkylation sites (N-methyl/N-ethyl adjacent to an activating group) is 1. The smallest absolute Gasteiger partial charge is 0.0325 e. The van der Waals surface area contributed by atoms with Gasteiger partial charge in [-0.05, 0) is 44.4 Å². The molecule has 0 atom stereocenters. The Morgan fingerprint density at radius 2 is 2.24 bits per heavy atom. The number of rotatable bonds is 5. The van der Waals surface area contributed by atoms with E-state index < -0.39 is 0 Å². The third kappa shape index (κ3) is 4.39. The molecule has 0 bridgehead atoms. The van der Waals surface area contributed by atoms with Crippen LogP contribution >= 0.6 is 11.3 Å². The van der Waals surface area contributed by atoms with Gasteiger partial charge in [-0.2, -0.15) is 0 Å². The highest BCUT2D eigenvalue weighted by Gasteiger charge is 2.15. The Balaban J connectivity index is 1.64. The largest absolute Gasteiger partial charge is 0.328 e. The van der Waals surface area contributed by atoms with Gasteiger partial charge in [0, 0.05) is 30.6 Å². The molecule has 3 nitrogen and oxygen atoms in total. The van der Waals surface area contributed by atoms with Crippen molar-refractivity contribution < 1.29 is 0 Å². The Morgan fingerprint density at radius 1 is 1.47 bits per heavy atom. The Bertz CT molecular complexity index is 304. The SMILES string of the molecule is CN(CCN1CCC(N)CC1)Cc1cccs1. The molecule has 2 heterocycles. The fourth-order valence-electron chi connectivity index (χ4n) is 2.24. The molecule has 0 aromatic carbocycles. The van der Waals surface area contributed by atoms with Crippen LogP contribution in [0.25, 0.3) is 0 Å². The van der Waals surface area contributed by atoms with E-state index in [4.69, 9.17) is 5.73 Å². The first-order chi connectivity index (χ1) is 8.24. The zero-order valence-electron chi connectivity index (χ0n) is 10.6. The second-order valence-corrected chi connectivity index (χ2v) is 6.03. The summed E-state index contributed by atoms with van der Waals surface area (Å²) in [6.07, 6.45) is 2.32. The molecule has 2 N–H and O–H groups in total. The molecule has 1 aromatic heterocycles. The number of nitrogens with two attached hydrogens (primary N) is 1. The van der Waals surface area contributed by atoms with Gasteiger partial charge in [0.2, 0.25) is 0 Å². The molecule has 0 radical (unpaired) electrons. The van der Waals surface area contributed by atoms with Crippen molar-refractivity contribution in [3.63, 3.8) is 0 Å². The second kappa shape index (κ2) is 6.50. The standard InChI is InChI=1S/C13H23N3S/c1-15(11-13-3-2-10-17-13)8-9-16-6-4-12(14)5-7-16/h2-3,10,12H,4-9,11,14H2,1H3. The Morgan fingerprint density at radius 3 is 2.88 bits per heavy atom. The minimum Gasteiger partial charge on any atom is -0.328 e. The van der Waals surface area contributed by atoms with Crippen LogP contribution in [0.3, 0.4) is 0 Å². The molecule has 0 aliphatic carbocycles. The maximum atomic E-state index is 5.91. The molecule has 0 unspecified atom stereocenters. The third-order valence-electron chi connectivity index (χ3n) is 3.44. The lowest BCUT2D eigenvalue weighted by atomic mass is 10.1. The molecule has 0 spiro atoms. The zero-order chi connectivity index (χ0) is 12.1. The minimum absolute atomic E-state index is 0.440. The van der Waals surface area contributed by atoms with Crippen LogP contribution in [-0.4, -0.2) is 49.1 Å². The van der Waals surface area contributed by atoms with Crippen LogP contribution in [-0.2, 0) is 6.54 Å². The van der Waals surface area contributed by atoms with Gasteiger partial charge in [0.1, 0.15) is 0 Å². The number of hydrogen-bond donors (Lipinski definition) is 1. The summed E-state index contributed by atoms with van der Waals surface area (Å²) in [5.41, 5.74) is 5.91. The van der Waals surface area contributed by atoms with E-state index in [2.05, 4.69) is 34.4 Å². The van der Waals surface area contributed by atoms with E-state index in [9.17, 15) is 0 Å². The molecular weight excluding hydrogens is 230 g/mol. The lowest BCUT2D eigenvalue weighted by molar-refractivity contribution is 0.184. The average Bonchev–Trinajstić information content (AvgIpc) is 2.81. The highest BCUT2D eigenvalue weighted by molar-refractivity contribution is 7.09. The summed E-state index contributed by atoms with van der Waals surface area (Å²) in [6.45, 7) is 5.74. The maximum absolute atomic E-state index is 5.91. The van der Waals surface area contributed by atoms with Crippen LogP contribution in [0, 0.1) is 0 Å². The number of nitrogens with zero attached hydrogens (tertiary/aromatic N) is 2. The van der Waals surface area contributed by atoms with Crippen LogP contribution in [0.15, 0.2) is 17.5 Å². The fraction of sp³-hybridized carbons (Fsp3) is 0.692. The van der Waals surface area contributed by atoms with Crippen LogP contribution in [0.2, 0.25) is 0 Å². The van der Waals surface area contributed by atoms with Crippen LogP contribution in [0.4, 0.5) is 0 Å². The van der Waals surface area contributed by atoms with Gasteiger partial charge < -0.3 is 15.5 Å². The molecule has 1 saturated heterocycles. The van der Waals surface area contributed by atoms with E-state index in [1.165, 1.54) is 24.5 Å². The summed E-state index contributed by atoms with van der Waals surface area (Å²) in [7, 11) is 2.20. The molecule has 1 aliphatic heterocycles. The molecular formula is C13H23N3S. The summed E-state index contributed by atoms with van der Waals surface area (Å²) in [4.78, 5) is 6.39. The first kappa shape index (κ1) is 13.0. The van der Waals surface area contributed by atoms with Crippen LogP contribution in [0.1, 0.15) is 17.7 Å². The molecule has 1 fully saturated rings. The quantitative estimate of drug-likeness (QED) is 0.865. The highest BCUT2D eigenvalue weighted by Crippen LogP contribution is 2.11. The number of likely N-dealkylation sites (tertiary alicyclic amines) is 1. The normalized spacial score (nSPS) is 19.0. The van der Waals surface area contributed by atoms with Crippen molar-refractivity contribution in [1.82, 2.24) is 9.80 Å². The van der Waals surface area contributed by atoms with Gasteiger partial charge in [-0.1, -0.05) is 6.07 Å². The van der Waals surface area contributed by atoms with Crippen molar-refractivity contribution in [3.8, 4) is 0 Å². The molecule has 1 aliphatic rings. The topological polar surface area (TPSA) is 32.5 Å². The lowest BCUT2D eigenvalue weighted by Gasteiger charge is -2.31. The van der Waals surface area contributed by atoms with Crippen molar-refractivity contribution in [1.29, 1.82) is 0 Å². The molecule has 17 heavy (non-hydrogen) atoms. The van der Waals surface area contributed by atoms with E-state index in [1.807, 2.05) is 11.3 Å². The van der Waals surface area contributed by atoms with E-state index in [0.717, 1.165) is 25.9 Å². The van der Waals surface area contributed by atoms with Gasteiger partial charge in [-0.25, -0.2) is 0 Å². The molecule has 2 rings (SSSR count). The maximum Gasteiger partial charge on any atom is 0.0325 e. The molecule has 1 aromatic rings. The van der Waals surface area contributed by atoms with E-state index in [-0.39, 0.29) is 0 Å². The summed E-state index contributed by atoms with van der Waals surface area (Å²) in [6, 6.07) is 4.77. The van der Waals surface area contributed by atoms with Gasteiger partial charge in [-0.3, -0.25) is 0 Å². The second-order valence-electron chi connectivity index (χ2n) is 5.00. The van der Waals surface area contributed by atoms with Crippen molar-refractivity contribution in [2.24, 2.45) is 5.73 Å². The van der Waals surface area contributed by atoms with Gasteiger partial charge in [0.15, 0.2) is 0 Å². The Kier molecular flexibility index (Phi) is 4.98. The molecule has 0 amide bonds. The number of thiophene rings is 1. The highest BCUT2D eigenvalue weighted by atomic mass is 32.1. The molecule has 0 saturated carbocycles. The fourth-order valence-corrected chi connectivity index (χ4v) is 3.02.